The van der Waals surface area contributed by atoms with Crippen LogP contribution in [0.25, 0.3) is 0 Å². The summed E-state index contributed by atoms with van der Waals surface area (Å²) in [6.45, 7) is 3.45. The molecule has 0 aliphatic carbocycles. The average molecular weight is 496 g/mol. The number of carbonyl (C=O) groups excluding carboxylic acids is 2. The quantitative estimate of drug-likeness (QED) is 0.233. The van der Waals surface area contributed by atoms with Crippen molar-refractivity contribution in [2.45, 2.75) is 31.7 Å². The van der Waals surface area contributed by atoms with Gasteiger partial charge in [-0.05, 0) is 50.3 Å². The van der Waals surface area contributed by atoms with Crippen LogP contribution in [0.2, 0.25) is 0 Å². The maximum absolute atomic E-state index is 13.1. The van der Waals surface area contributed by atoms with Gasteiger partial charge in [0.25, 0.3) is 11.8 Å². The molecular formula is C24H29N7O5. The summed E-state index contributed by atoms with van der Waals surface area (Å²) in [7, 11) is 1.50. The number of carbonyl (C=O) groups is 2. The van der Waals surface area contributed by atoms with Crippen LogP contribution in [0.15, 0.2) is 54.9 Å². The molecule has 2 heterocycles. The topological polar surface area (TPSA) is 187 Å². The third kappa shape index (κ3) is 6.43. The number of nitrogens with two attached hydrogens (primary N) is 1. The van der Waals surface area contributed by atoms with Gasteiger partial charge in [-0.1, -0.05) is 0 Å². The normalized spacial score (nSPS) is 17.9. The highest BCUT2D eigenvalue weighted by Gasteiger charge is 2.46. The summed E-state index contributed by atoms with van der Waals surface area (Å²) in [4.78, 5) is 30.9. The molecule has 2 unspecified atom stereocenters. The number of nitrogen functional groups attached to an aromatic ring is 1. The van der Waals surface area contributed by atoms with Gasteiger partial charge < -0.3 is 30.9 Å². The highest BCUT2D eigenvalue weighted by Crippen LogP contribution is 2.25. The van der Waals surface area contributed by atoms with Crippen LogP contribution in [0.5, 0.6) is 5.88 Å². The Morgan fingerprint density at radius 3 is 2.64 bits per heavy atom. The Balaban J connectivity index is 1.68. The third-order valence-corrected chi connectivity index (χ3v) is 5.24. The lowest BCUT2D eigenvalue weighted by Gasteiger charge is -2.42. The SMILES string of the molecule is COc1cc(N/C=C\C(=N)N2CC(C)(C)OC(C(O)C(=O)Nc3ccc(C(=N)N)cc3)C2=O)ccn1. The lowest BCUT2D eigenvalue weighted by Crippen LogP contribution is -2.62. The molecule has 12 heteroatoms. The third-order valence-electron chi connectivity index (χ3n) is 5.24. The molecule has 2 amide bonds. The summed E-state index contributed by atoms with van der Waals surface area (Å²) >= 11 is 0. The second-order valence-electron chi connectivity index (χ2n) is 8.60. The Kier molecular flexibility index (Phi) is 8.02. The fraction of sp³-hybridized carbons (Fsp3) is 0.292. The van der Waals surface area contributed by atoms with E-state index < -0.39 is 29.6 Å². The minimum atomic E-state index is -1.83. The summed E-state index contributed by atoms with van der Waals surface area (Å²) in [5.41, 5.74) is 5.97. The van der Waals surface area contributed by atoms with Gasteiger partial charge in [0, 0.05) is 35.4 Å². The van der Waals surface area contributed by atoms with Gasteiger partial charge in [0.05, 0.1) is 19.3 Å². The van der Waals surface area contributed by atoms with E-state index in [2.05, 4.69) is 15.6 Å². The summed E-state index contributed by atoms with van der Waals surface area (Å²) in [5.74, 6) is -1.43. The first kappa shape index (κ1) is 26.3. The first-order valence-electron chi connectivity index (χ1n) is 10.9. The lowest BCUT2D eigenvalue weighted by molar-refractivity contribution is -0.185. The maximum Gasteiger partial charge on any atom is 0.260 e. The Bertz CT molecular complexity index is 1180. The number of amides is 2. The van der Waals surface area contributed by atoms with Gasteiger partial charge in [-0.25, -0.2) is 4.98 Å². The average Bonchev–Trinajstić information content (AvgIpc) is 2.85. The minimum Gasteiger partial charge on any atom is -0.481 e. The highest BCUT2D eigenvalue weighted by atomic mass is 16.5. The molecule has 1 aromatic carbocycles. The molecule has 0 spiro atoms. The molecular weight excluding hydrogens is 466 g/mol. The molecule has 2 aromatic rings. The van der Waals surface area contributed by atoms with E-state index in [0.29, 0.717) is 22.8 Å². The largest absolute Gasteiger partial charge is 0.481 e. The maximum atomic E-state index is 13.1. The molecule has 1 saturated heterocycles. The van der Waals surface area contributed by atoms with Gasteiger partial charge in [0.2, 0.25) is 5.88 Å². The zero-order valence-electron chi connectivity index (χ0n) is 20.1. The van der Waals surface area contributed by atoms with Crippen LogP contribution < -0.4 is 21.1 Å². The number of amidine groups is 2. The Morgan fingerprint density at radius 2 is 2.00 bits per heavy atom. The molecule has 36 heavy (non-hydrogen) atoms. The standard InChI is InChI=1S/C24H29N7O5/c1-24(2)13-31(17(25)9-11-28-16-8-10-29-18(12-16)35-3)23(34)20(36-24)19(32)22(33)30-15-6-4-14(5-7-15)21(26)27/h4-12,19-20,25,32H,13H2,1-3H3,(H3,26,27)(H,28,29)(H,30,33)/b11-9-,25-17?. The fourth-order valence-electron chi connectivity index (χ4n) is 3.45. The molecule has 1 aliphatic rings. The van der Waals surface area contributed by atoms with Crippen LogP contribution in [0, 0.1) is 10.8 Å². The van der Waals surface area contributed by atoms with Crippen molar-refractivity contribution in [2.75, 3.05) is 24.3 Å². The van der Waals surface area contributed by atoms with Crippen LogP contribution in [0.4, 0.5) is 11.4 Å². The van der Waals surface area contributed by atoms with Crippen LogP contribution in [-0.2, 0) is 14.3 Å². The Labute approximate surface area is 208 Å². The van der Waals surface area contributed by atoms with Crippen molar-refractivity contribution in [3.05, 3.63) is 60.4 Å². The second-order valence-corrected chi connectivity index (χ2v) is 8.60. The molecule has 1 fully saturated rings. The molecule has 0 saturated carbocycles. The van der Waals surface area contributed by atoms with E-state index >= 15 is 0 Å². The van der Waals surface area contributed by atoms with Crippen molar-refractivity contribution in [3.63, 3.8) is 0 Å². The predicted octanol–water partition coefficient (Wildman–Crippen LogP) is 1.28. The van der Waals surface area contributed by atoms with Gasteiger partial charge in [-0.15, -0.1) is 0 Å². The number of hydrogen-bond acceptors (Lipinski definition) is 9. The van der Waals surface area contributed by atoms with Crippen molar-refractivity contribution in [1.82, 2.24) is 9.88 Å². The number of aliphatic hydroxyl groups is 1. The number of aliphatic hydroxyl groups excluding tert-OH is 1. The van der Waals surface area contributed by atoms with Gasteiger partial charge >= 0.3 is 0 Å². The zero-order chi connectivity index (χ0) is 26.5. The van der Waals surface area contributed by atoms with Crippen LogP contribution >= 0.6 is 0 Å². The number of morpholine rings is 1. The number of aromatic nitrogens is 1. The number of rotatable bonds is 8. The fourth-order valence-corrected chi connectivity index (χ4v) is 3.45. The lowest BCUT2D eigenvalue weighted by atomic mass is 10.0. The van der Waals surface area contributed by atoms with E-state index in [1.807, 2.05) is 0 Å². The van der Waals surface area contributed by atoms with E-state index in [4.69, 9.17) is 26.0 Å². The van der Waals surface area contributed by atoms with Crippen LogP contribution in [0.1, 0.15) is 19.4 Å². The van der Waals surface area contributed by atoms with Crippen molar-refractivity contribution in [3.8, 4) is 5.88 Å². The molecule has 12 nitrogen and oxygen atoms in total. The van der Waals surface area contributed by atoms with Crippen LogP contribution in [-0.4, -0.2) is 69.9 Å². The van der Waals surface area contributed by atoms with E-state index in [9.17, 15) is 14.7 Å². The minimum absolute atomic E-state index is 0.0510. The molecule has 1 aliphatic heterocycles. The highest BCUT2D eigenvalue weighted by molar-refractivity contribution is 6.07. The Morgan fingerprint density at radius 1 is 1.31 bits per heavy atom. The summed E-state index contributed by atoms with van der Waals surface area (Å²) in [5, 5.41) is 32.0. The Hall–Kier alpha value is -4.29. The number of anilines is 2. The molecule has 0 radical (unpaired) electrons. The molecule has 2 atom stereocenters. The number of pyridine rings is 1. The monoisotopic (exact) mass is 495 g/mol. The number of methoxy groups -OCH3 is 1. The molecule has 1 aromatic heterocycles. The second kappa shape index (κ2) is 11.0. The number of ether oxygens (including phenoxy) is 2. The summed E-state index contributed by atoms with van der Waals surface area (Å²) < 4.78 is 10.8. The van der Waals surface area contributed by atoms with E-state index in [1.54, 1.807) is 44.3 Å². The van der Waals surface area contributed by atoms with E-state index in [-0.39, 0.29) is 18.2 Å². The number of nitrogens with zero attached hydrogens (tertiary/aromatic N) is 2. The van der Waals surface area contributed by atoms with Crippen molar-refractivity contribution < 1.29 is 24.2 Å². The molecule has 190 valence electrons. The summed E-state index contributed by atoms with van der Waals surface area (Å²) in [6.07, 6.45) is 1.08. The van der Waals surface area contributed by atoms with Gasteiger partial charge in [0.1, 0.15) is 11.7 Å². The van der Waals surface area contributed by atoms with E-state index in [0.717, 1.165) is 4.90 Å². The molecule has 0 bridgehead atoms. The van der Waals surface area contributed by atoms with Gasteiger partial charge in [-0.3, -0.25) is 25.3 Å². The first-order valence-corrected chi connectivity index (χ1v) is 10.9. The van der Waals surface area contributed by atoms with Crippen molar-refractivity contribution in [1.29, 1.82) is 10.8 Å². The van der Waals surface area contributed by atoms with Crippen LogP contribution in [0.3, 0.4) is 0 Å². The van der Waals surface area contributed by atoms with Gasteiger partial charge in [0.15, 0.2) is 12.2 Å². The predicted molar refractivity (Wildman–Crippen MR) is 134 cm³/mol. The van der Waals surface area contributed by atoms with E-state index in [1.165, 1.54) is 31.5 Å². The number of nitrogens with one attached hydrogen (secondary N) is 4. The van der Waals surface area contributed by atoms with Crippen molar-refractivity contribution in [2.24, 2.45) is 5.73 Å². The number of benzene rings is 1. The summed E-state index contributed by atoms with van der Waals surface area (Å²) in [6, 6.07) is 9.50. The molecule has 3 rings (SSSR count). The zero-order valence-corrected chi connectivity index (χ0v) is 20.1. The van der Waals surface area contributed by atoms with Crippen molar-refractivity contribution >= 4 is 34.9 Å². The smallest absolute Gasteiger partial charge is 0.260 e. The first-order chi connectivity index (χ1) is 17.0. The number of hydrogen-bond donors (Lipinski definition) is 6. The molecule has 7 N–H and O–H groups in total. The van der Waals surface area contributed by atoms with Gasteiger partial charge in [-0.2, -0.15) is 0 Å².